The summed E-state index contributed by atoms with van der Waals surface area (Å²) in [5, 5.41) is 12.9. The number of fused-ring (bicyclic) bond motifs is 1. The molecule has 0 unspecified atom stereocenters. The van der Waals surface area contributed by atoms with E-state index >= 15 is 0 Å². The zero-order chi connectivity index (χ0) is 18.1. The van der Waals surface area contributed by atoms with E-state index in [2.05, 4.69) is 0 Å². The number of carbonyl (C=O) groups excluding carboxylic acids is 1. The number of methoxy groups -OCH3 is 1. The molecular formula is C19H18N2O4. The lowest BCUT2D eigenvalue weighted by molar-refractivity contribution is -0.469. The molecule has 0 saturated heterocycles. The minimum Gasteiger partial charge on any atom is -0.805 e. The van der Waals surface area contributed by atoms with Crippen LogP contribution in [0.1, 0.15) is 32.9 Å². The van der Waals surface area contributed by atoms with E-state index in [0.717, 1.165) is 16.7 Å². The monoisotopic (exact) mass is 338 g/mol. The fourth-order valence-electron chi connectivity index (χ4n) is 2.83. The summed E-state index contributed by atoms with van der Waals surface area (Å²) < 4.78 is 5.90. The van der Waals surface area contributed by atoms with E-state index in [4.69, 9.17) is 4.74 Å². The molecule has 0 amide bonds. The van der Waals surface area contributed by atoms with E-state index in [1.54, 1.807) is 12.1 Å². The van der Waals surface area contributed by atoms with Gasteiger partial charge in [-0.05, 0) is 36.6 Å². The van der Waals surface area contributed by atoms with Crippen molar-refractivity contribution in [2.24, 2.45) is 0 Å². The lowest BCUT2D eigenvalue weighted by Crippen LogP contribution is -2.32. The number of hydrogen-bond acceptors (Lipinski definition) is 4. The molecule has 0 fully saturated rings. The van der Waals surface area contributed by atoms with Gasteiger partial charge < -0.3 is 14.7 Å². The lowest BCUT2D eigenvalue weighted by Gasteiger charge is -2.19. The number of carbonyl (C=O) groups is 1. The van der Waals surface area contributed by atoms with Crippen LogP contribution in [0.25, 0.3) is 11.0 Å². The van der Waals surface area contributed by atoms with Gasteiger partial charge in [0.1, 0.15) is 11.2 Å². The quantitative estimate of drug-likeness (QED) is 0.543. The fourth-order valence-corrected chi connectivity index (χ4v) is 2.83. The van der Waals surface area contributed by atoms with Crippen molar-refractivity contribution in [3.63, 3.8) is 0 Å². The van der Waals surface area contributed by atoms with Crippen molar-refractivity contribution in [3.05, 3.63) is 80.7 Å². The second-order valence-corrected chi connectivity index (χ2v) is 5.96. The van der Waals surface area contributed by atoms with Crippen molar-refractivity contribution in [2.45, 2.75) is 20.3 Å². The molecule has 3 aromatic rings. The average molecular weight is 338 g/mol. The van der Waals surface area contributed by atoms with Crippen molar-refractivity contribution >= 4 is 17.0 Å². The first-order valence-electron chi connectivity index (χ1n) is 7.85. The molecule has 25 heavy (non-hydrogen) atoms. The molecule has 0 aliphatic carbocycles. The van der Waals surface area contributed by atoms with Gasteiger partial charge >= 0.3 is 11.7 Å². The molecule has 3 rings (SSSR count). The number of nitrogens with zero attached hydrogens (tertiary/aromatic N) is 2. The van der Waals surface area contributed by atoms with Crippen LogP contribution in [0, 0.1) is 24.0 Å². The summed E-state index contributed by atoms with van der Waals surface area (Å²) in [5.41, 5.74) is 2.76. The van der Waals surface area contributed by atoms with Gasteiger partial charge in [-0.25, -0.2) is 4.79 Å². The van der Waals surface area contributed by atoms with Crippen molar-refractivity contribution in [1.29, 1.82) is 0 Å². The highest BCUT2D eigenvalue weighted by Gasteiger charge is 2.30. The van der Waals surface area contributed by atoms with Crippen LogP contribution < -0.4 is 4.43 Å². The molecule has 0 spiro atoms. The third-order valence-electron chi connectivity index (χ3n) is 4.34. The number of benzene rings is 2. The van der Waals surface area contributed by atoms with E-state index < -0.39 is 5.97 Å². The Morgan fingerprint density at radius 3 is 2.44 bits per heavy atom. The van der Waals surface area contributed by atoms with Gasteiger partial charge in [0.2, 0.25) is 0 Å². The standard InChI is InChI=1S/C19H18N2O4/c1-12-9-15-16(10-13(12)2)21(24)18(19(22)25-3)17(20(15)23)11-14-7-5-4-6-8-14/h4-10H,11H2,1-3H3. The summed E-state index contributed by atoms with van der Waals surface area (Å²) in [6.07, 6.45) is 0.153. The summed E-state index contributed by atoms with van der Waals surface area (Å²) in [7, 11) is 1.19. The topological polar surface area (TPSA) is 77.3 Å². The van der Waals surface area contributed by atoms with Crippen molar-refractivity contribution < 1.29 is 14.0 Å². The molecular weight excluding hydrogens is 320 g/mol. The molecule has 6 heteroatoms. The summed E-state index contributed by atoms with van der Waals surface area (Å²) >= 11 is 0. The van der Waals surface area contributed by atoms with E-state index in [9.17, 15) is 14.9 Å². The van der Waals surface area contributed by atoms with Crippen LogP contribution in [0.4, 0.5) is 0 Å². The van der Waals surface area contributed by atoms with Crippen molar-refractivity contribution in [1.82, 2.24) is 4.73 Å². The lowest BCUT2D eigenvalue weighted by atomic mass is 10.1. The SMILES string of the molecule is COC(=O)c1c(Cc2ccccc2)n([O-])c2cc(C)c(C)cc2[n+]1=O. The molecule has 0 saturated carbocycles. The molecule has 128 valence electrons. The van der Waals surface area contributed by atoms with Crippen LogP contribution in [0.2, 0.25) is 0 Å². The van der Waals surface area contributed by atoms with E-state index in [0.29, 0.717) is 9.16 Å². The molecule has 0 atom stereocenters. The minimum absolute atomic E-state index is 0.0730. The maximum Gasteiger partial charge on any atom is 0.410 e. The van der Waals surface area contributed by atoms with E-state index in [1.807, 2.05) is 44.2 Å². The first-order valence-corrected chi connectivity index (χ1v) is 7.85. The molecule has 1 heterocycles. The van der Waals surface area contributed by atoms with Crippen LogP contribution in [-0.2, 0) is 11.2 Å². The summed E-state index contributed by atoms with van der Waals surface area (Å²) in [6, 6.07) is 12.5. The molecule has 1 aromatic heterocycles. The highest BCUT2D eigenvalue weighted by Crippen LogP contribution is 2.21. The Balaban J connectivity index is 2.37. The average Bonchev–Trinajstić information content (AvgIpc) is 2.61. The largest absolute Gasteiger partial charge is 0.805 e. The summed E-state index contributed by atoms with van der Waals surface area (Å²) in [4.78, 5) is 25.0. The molecule has 2 aromatic carbocycles. The summed E-state index contributed by atoms with van der Waals surface area (Å²) in [5.74, 6) is -0.828. The normalized spacial score (nSPS) is 10.8. The molecule has 0 radical (unpaired) electrons. The van der Waals surface area contributed by atoms with Crippen molar-refractivity contribution in [2.75, 3.05) is 7.11 Å². The van der Waals surface area contributed by atoms with Crippen LogP contribution >= 0.6 is 0 Å². The van der Waals surface area contributed by atoms with Gasteiger partial charge in [-0.15, -0.1) is 0 Å². The molecule has 0 aliphatic heterocycles. The Morgan fingerprint density at radius 1 is 1.16 bits per heavy atom. The van der Waals surface area contributed by atoms with Gasteiger partial charge in [-0.3, -0.25) is 0 Å². The van der Waals surface area contributed by atoms with Crippen molar-refractivity contribution in [3.8, 4) is 0 Å². The number of hydrogen-bond donors (Lipinski definition) is 0. The van der Waals surface area contributed by atoms with Crippen LogP contribution in [0.15, 0.2) is 42.5 Å². The Labute approximate surface area is 144 Å². The maximum absolute atomic E-state index is 12.9. The third kappa shape index (κ3) is 2.87. The highest BCUT2D eigenvalue weighted by molar-refractivity contribution is 5.89. The maximum atomic E-state index is 12.9. The van der Waals surface area contributed by atoms with E-state index in [-0.39, 0.29) is 28.8 Å². The third-order valence-corrected chi connectivity index (χ3v) is 4.34. The zero-order valence-corrected chi connectivity index (χ0v) is 14.3. The van der Waals surface area contributed by atoms with Gasteiger partial charge in [-0.1, -0.05) is 30.3 Å². The number of aryl methyl sites for hydroxylation is 2. The number of rotatable bonds is 3. The minimum atomic E-state index is -0.828. The number of aromatic nitrogens is 2. The van der Waals surface area contributed by atoms with Gasteiger partial charge in [-0.2, -0.15) is 0 Å². The van der Waals surface area contributed by atoms with Gasteiger partial charge in [0.05, 0.1) is 11.5 Å². The van der Waals surface area contributed by atoms with Crippen LogP contribution in [0.3, 0.4) is 0 Å². The highest BCUT2D eigenvalue weighted by atomic mass is 16.5. The fraction of sp³-hybridized carbons (Fsp3) is 0.211. The second-order valence-electron chi connectivity index (χ2n) is 5.96. The second kappa shape index (κ2) is 6.39. The first kappa shape index (κ1) is 16.7. The molecule has 0 aliphatic rings. The predicted octanol–water partition coefficient (Wildman–Crippen LogP) is 2.90. The molecule has 0 bridgehead atoms. The predicted molar refractivity (Wildman–Crippen MR) is 94.1 cm³/mol. The number of ether oxygens (including phenoxy) is 1. The van der Waals surface area contributed by atoms with Gasteiger partial charge in [0.25, 0.3) is 5.52 Å². The molecule has 0 N–H and O–H groups in total. The Bertz CT molecular complexity index is 1020. The van der Waals surface area contributed by atoms with Crippen LogP contribution in [-0.4, -0.2) is 17.8 Å². The summed E-state index contributed by atoms with van der Waals surface area (Å²) in [6.45, 7) is 3.72. The number of esters is 1. The van der Waals surface area contributed by atoms with Gasteiger partial charge in [0, 0.05) is 17.4 Å². The van der Waals surface area contributed by atoms with E-state index in [1.165, 1.54) is 7.11 Å². The Morgan fingerprint density at radius 2 is 1.80 bits per heavy atom. The zero-order valence-electron chi connectivity index (χ0n) is 14.3. The smallest absolute Gasteiger partial charge is 0.410 e. The van der Waals surface area contributed by atoms with Crippen LogP contribution in [0.5, 0.6) is 0 Å². The van der Waals surface area contributed by atoms with Gasteiger partial charge in [0.15, 0.2) is 0 Å². The Hall–Kier alpha value is -3.15. The Kier molecular flexibility index (Phi) is 4.27. The first-order chi connectivity index (χ1) is 11.9. The molecule has 6 nitrogen and oxygen atoms in total.